The molecular weight excluding hydrogens is 368 g/mol. The number of nitrogens with one attached hydrogen (secondary N) is 1. The first-order valence-corrected chi connectivity index (χ1v) is 10.2. The van der Waals surface area contributed by atoms with E-state index < -0.39 is 0 Å². The van der Waals surface area contributed by atoms with Gasteiger partial charge in [0.2, 0.25) is 11.0 Å². The van der Waals surface area contributed by atoms with Crippen LogP contribution in [0.3, 0.4) is 0 Å². The van der Waals surface area contributed by atoms with E-state index in [0.717, 1.165) is 16.5 Å². The Morgan fingerprint density at radius 2 is 1.79 bits per heavy atom. The summed E-state index contributed by atoms with van der Waals surface area (Å²) in [6, 6.07) is 18.6. The number of rotatable bonds is 8. The molecule has 5 nitrogen and oxygen atoms in total. The van der Waals surface area contributed by atoms with Gasteiger partial charge in [0.15, 0.2) is 0 Å². The lowest BCUT2D eigenvalue weighted by Crippen LogP contribution is -2.40. The molecule has 0 fully saturated rings. The summed E-state index contributed by atoms with van der Waals surface area (Å²) < 4.78 is 4.52. The lowest BCUT2D eigenvalue weighted by molar-refractivity contribution is -0.120. The van der Waals surface area contributed by atoms with Crippen LogP contribution in [0.25, 0.3) is 0 Å². The monoisotopic (exact) mass is 394 g/mol. The molecule has 0 saturated heterocycles. The van der Waals surface area contributed by atoms with Crippen LogP contribution in [0.4, 0.5) is 5.13 Å². The highest BCUT2D eigenvalue weighted by molar-refractivity contribution is 7.09. The van der Waals surface area contributed by atoms with Crippen molar-refractivity contribution < 1.29 is 4.79 Å². The van der Waals surface area contributed by atoms with Gasteiger partial charge in [0.25, 0.3) is 0 Å². The molecule has 0 saturated carbocycles. The van der Waals surface area contributed by atoms with Gasteiger partial charge in [-0.05, 0) is 31.9 Å². The number of amides is 1. The number of nitrogens with zero attached hydrogens (tertiary/aromatic N) is 3. The average molecular weight is 395 g/mol. The van der Waals surface area contributed by atoms with E-state index in [1.165, 1.54) is 22.7 Å². The number of hydrogen-bond donors (Lipinski definition) is 1. The highest BCUT2D eigenvalue weighted by atomic mass is 32.1. The summed E-state index contributed by atoms with van der Waals surface area (Å²) in [5.74, 6) is 0.771. The van der Waals surface area contributed by atoms with E-state index in [4.69, 9.17) is 4.98 Å². The lowest BCUT2D eigenvalue weighted by atomic mass is 10.1. The van der Waals surface area contributed by atoms with Crippen LogP contribution in [0.1, 0.15) is 36.4 Å². The second-order valence-corrected chi connectivity index (χ2v) is 7.95. The molecule has 1 heterocycles. The summed E-state index contributed by atoms with van der Waals surface area (Å²) in [6.07, 6.45) is 0.689. The molecule has 0 aliphatic rings. The van der Waals surface area contributed by atoms with Gasteiger partial charge >= 0.3 is 0 Å². The van der Waals surface area contributed by atoms with E-state index in [-0.39, 0.29) is 18.5 Å². The second-order valence-electron chi connectivity index (χ2n) is 7.22. The van der Waals surface area contributed by atoms with E-state index in [0.29, 0.717) is 13.0 Å². The minimum Gasteiger partial charge on any atom is -0.352 e. The Kier molecular flexibility index (Phi) is 6.76. The molecule has 1 N–H and O–H groups in total. The van der Waals surface area contributed by atoms with E-state index in [9.17, 15) is 4.79 Å². The summed E-state index contributed by atoms with van der Waals surface area (Å²) in [4.78, 5) is 19.1. The third-order valence-corrected chi connectivity index (χ3v) is 5.03. The van der Waals surface area contributed by atoms with E-state index in [2.05, 4.69) is 53.0 Å². The number of aryl methyl sites for hydroxylation is 1. The third kappa shape index (κ3) is 5.89. The molecule has 0 spiro atoms. The molecule has 0 unspecified atom stereocenters. The maximum atomic E-state index is 12.4. The quantitative estimate of drug-likeness (QED) is 0.628. The van der Waals surface area contributed by atoms with Gasteiger partial charge in [-0.1, -0.05) is 60.2 Å². The first-order chi connectivity index (χ1) is 13.5. The van der Waals surface area contributed by atoms with Gasteiger partial charge in [-0.25, -0.2) is 4.98 Å². The van der Waals surface area contributed by atoms with E-state index in [1.54, 1.807) is 0 Å². The molecule has 0 aliphatic carbocycles. The number of carbonyl (C=O) groups excluding carboxylic acids is 1. The van der Waals surface area contributed by atoms with Crippen molar-refractivity contribution in [2.75, 3.05) is 11.4 Å². The molecule has 3 aromatic rings. The van der Waals surface area contributed by atoms with Gasteiger partial charge in [-0.2, -0.15) is 4.37 Å². The van der Waals surface area contributed by atoms with Crippen LogP contribution in [0.5, 0.6) is 0 Å². The molecule has 0 bridgehead atoms. The SMILES string of the molecule is Cc1ccc(Cc2nsc(N(CC(=O)NC(C)C)Cc3ccccc3)n2)cc1. The van der Waals surface area contributed by atoms with Crippen molar-refractivity contribution in [3.05, 3.63) is 77.1 Å². The lowest BCUT2D eigenvalue weighted by Gasteiger charge is -2.21. The molecule has 1 amide bonds. The standard InChI is InChI=1S/C22H26N4OS/c1-16(2)23-21(27)15-26(14-19-7-5-4-6-8-19)22-24-20(25-28-22)13-18-11-9-17(3)10-12-18/h4-12,16H,13-15H2,1-3H3,(H,23,27). The fraction of sp³-hybridized carbons (Fsp3) is 0.318. The Morgan fingerprint density at radius 3 is 2.46 bits per heavy atom. The van der Waals surface area contributed by atoms with Gasteiger partial charge in [-0.3, -0.25) is 4.79 Å². The Hall–Kier alpha value is -2.73. The molecule has 146 valence electrons. The van der Waals surface area contributed by atoms with Crippen molar-refractivity contribution in [1.82, 2.24) is 14.7 Å². The maximum absolute atomic E-state index is 12.4. The number of carbonyl (C=O) groups is 1. The zero-order valence-corrected chi connectivity index (χ0v) is 17.4. The molecular formula is C22H26N4OS. The van der Waals surface area contributed by atoms with Gasteiger partial charge in [0, 0.05) is 30.5 Å². The summed E-state index contributed by atoms with van der Waals surface area (Å²) in [5, 5.41) is 3.72. The average Bonchev–Trinajstić information content (AvgIpc) is 3.12. The van der Waals surface area contributed by atoms with Crippen molar-refractivity contribution in [3.8, 4) is 0 Å². The third-order valence-electron chi connectivity index (χ3n) is 4.21. The van der Waals surface area contributed by atoms with Crippen molar-refractivity contribution in [1.29, 1.82) is 0 Å². The van der Waals surface area contributed by atoms with Crippen molar-refractivity contribution in [2.24, 2.45) is 0 Å². The topological polar surface area (TPSA) is 58.1 Å². The molecule has 6 heteroatoms. The molecule has 0 aliphatic heterocycles. The summed E-state index contributed by atoms with van der Waals surface area (Å²) >= 11 is 1.34. The Balaban J connectivity index is 1.76. The van der Waals surface area contributed by atoms with E-state index >= 15 is 0 Å². The van der Waals surface area contributed by atoms with Crippen LogP contribution in [0.2, 0.25) is 0 Å². The highest BCUT2D eigenvalue weighted by Crippen LogP contribution is 2.21. The van der Waals surface area contributed by atoms with Gasteiger partial charge in [0.05, 0.1) is 6.54 Å². The van der Waals surface area contributed by atoms with Crippen LogP contribution in [-0.2, 0) is 17.8 Å². The zero-order valence-electron chi connectivity index (χ0n) is 16.6. The smallest absolute Gasteiger partial charge is 0.239 e. The normalized spacial score (nSPS) is 10.9. The highest BCUT2D eigenvalue weighted by Gasteiger charge is 2.17. The van der Waals surface area contributed by atoms with Crippen LogP contribution in [-0.4, -0.2) is 27.9 Å². The molecule has 3 rings (SSSR count). The van der Waals surface area contributed by atoms with Gasteiger partial charge < -0.3 is 10.2 Å². The van der Waals surface area contributed by atoms with Gasteiger partial charge in [-0.15, -0.1) is 0 Å². The van der Waals surface area contributed by atoms with Crippen LogP contribution >= 0.6 is 11.5 Å². The molecule has 28 heavy (non-hydrogen) atoms. The largest absolute Gasteiger partial charge is 0.352 e. The number of hydrogen-bond acceptors (Lipinski definition) is 5. The first kappa shape index (κ1) is 20.0. The number of benzene rings is 2. The molecule has 2 aromatic carbocycles. The second kappa shape index (κ2) is 9.46. The summed E-state index contributed by atoms with van der Waals surface area (Å²) in [6.45, 7) is 6.87. The minimum atomic E-state index is -0.0128. The van der Waals surface area contributed by atoms with E-state index in [1.807, 2.05) is 36.9 Å². The van der Waals surface area contributed by atoms with Crippen molar-refractivity contribution in [2.45, 2.75) is 39.8 Å². The van der Waals surface area contributed by atoms with Crippen LogP contribution in [0, 0.1) is 6.92 Å². The predicted octanol–water partition coefficient (Wildman–Crippen LogP) is 3.97. The molecule has 0 atom stereocenters. The fourth-order valence-electron chi connectivity index (χ4n) is 2.87. The predicted molar refractivity (Wildman–Crippen MR) is 115 cm³/mol. The Morgan fingerprint density at radius 1 is 1.07 bits per heavy atom. The molecule has 1 aromatic heterocycles. The maximum Gasteiger partial charge on any atom is 0.239 e. The number of anilines is 1. The summed E-state index contributed by atoms with van der Waals surface area (Å²) in [7, 11) is 0. The molecule has 0 radical (unpaired) electrons. The fourth-order valence-corrected chi connectivity index (χ4v) is 3.55. The number of aromatic nitrogens is 2. The van der Waals surface area contributed by atoms with Crippen LogP contribution < -0.4 is 10.2 Å². The summed E-state index contributed by atoms with van der Waals surface area (Å²) in [5.41, 5.74) is 3.55. The van der Waals surface area contributed by atoms with Gasteiger partial charge in [0.1, 0.15) is 5.82 Å². The minimum absolute atomic E-state index is 0.0128. The zero-order chi connectivity index (χ0) is 19.9. The first-order valence-electron chi connectivity index (χ1n) is 9.46. The van der Waals surface area contributed by atoms with Crippen LogP contribution in [0.15, 0.2) is 54.6 Å². The van der Waals surface area contributed by atoms with Crippen molar-refractivity contribution in [3.63, 3.8) is 0 Å². The van der Waals surface area contributed by atoms with Crippen molar-refractivity contribution >= 4 is 22.6 Å². The Labute approximate surface area is 170 Å². The Bertz CT molecular complexity index is 890.